The number of amides is 1. The predicted octanol–water partition coefficient (Wildman–Crippen LogP) is 4.10. The summed E-state index contributed by atoms with van der Waals surface area (Å²) in [7, 11) is 1.66. The molecule has 0 aliphatic carbocycles. The summed E-state index contributed by atoms with van der Waals surface area (Å²) >= 11 is 3.27. The number of para-hydroxylation sites is 2. The summed E-state index contributed by atoms with van der Waals surface area (Å²) in [6.07, 6.45) is 2.01. The molecule has 1 saturated heterocycles. The Morgan fingerprint density at radius 3 is 2.85 bits per heavy atom. The lowest BCUT2D eigenvalue weighted by atomic mass is 10.00. The molecule has 1 N–H and O–H groups in total. The second kappa shape index (κ2) is 7.17. The number of nitrogens with one attached hydrogen (secondary N) is 1. The number of nitrogens with zero attached hydrogens (tertiary/aromatic N) is 2. The molecule has 5 nitrogen and oxygen atoms in total. The first kappa shape index (κ1) is 17.2. The van der Waals surface area contributed by atoms with Crippen LogP contribution in [0.4, 0.5) is 10.8 Å². The van der Waals surface area contributed by atoms with Crippen molar-refractivity contribution in [2.24, 2.45) is 5.92 Å². The molecule has 1 fully saturated rings. The average molecular weight is 386 g/mol. The molecule has 1 amide bonds. The molecule has 0 radical (unpaired) electrons. The minimum Gasteiger partial charge on any atom is -0.494 e. The number of thiazole rings is 1. The van der Waals surface area contributed by atoms with Crippen molar-refractivity contribution in [3.63, 3.8) is 0 Å². The predicted molar refractivity (Wildman–Crippen MR) is 109 cm³/mol. The topological polar surface area (TPSA) is 54.5 Å². The number of anilines is 2. The Kier molecular flexibility index (Phi) is 4.74. The monoisotopic (exact) mass is 385 g/mol. The maximum absolute atomic E-state index is 12.5. The molecule has 2 heterocycles. The Balaban J connectivity index is 1.43. The third-order valence-corrected chi connectivity index (χ3v) is 6.36. The van der Waals surface area contributed by atoms with Gasteiger partial charge in [-0.1, -0.05) is 29.5 Å². The van der Waals surface area contributed by atoms with Crippen LogP contribution < -0.4 is 15.0 Å². The molecule has 1 aliphatic rings. The number of methoxy groups -OCH3 is 1. The van der Waals surface area contributed by atoms with Crippen molar-refractivity contribution in [3.05, 3.63) is 42.5 Å². The number of aromatic nitrogens is 1. The largest absolute Gasteiger partial charge is 0.494 e. The van der Waals surface area contributed by atoms with Crippen molar-refractivity contribution in [1.82, 2.24) is 4.98 Å². The number of thioether (sulfide) groups is 1. The van der Waals surface area contributed by atoms with E-state index in [1.807, 2.05) is 48.7 Å². The van der Waals surface area contributed by atoms with Gasteiger partial charge in [0.05, 0.1) is 23.4 Å². The lowest BCUT2D eigenvalue weighted by Crippen LogP contribution is -2.52. The van der Waals surface area contributed by atoms with Crippen LogP contribution >= 0.6 is 23.1 Å². The van der Waals surface area contributed by atoms with Crippen LogP contribution in [0, 0.1) is 5.92 Å². The fourth-order valence-corrected chi connectivity index (χ4v) is 4.55. The van der Waals surface area contributed by atoms with Crippen LogP contribution in [-0.2, 0) is 4.79 Å². The molecule has 7 heteroatoms. The van der Waals surface area contributed by atoms with Gasteiger partial charge in [-0.15, -0.1) is 11.8 Å². The lowest BCUT2D eigenvalue weighted by Gasteiger charge is -2.38. The maximum Gasteiger partial charge on any atom is 0.231 e. The van der Waals surface area contributed by atoms with Gasteiger partial charge in [-0.2, -0.15) is 0 Å². The van der Waals surface area contributed by atoms with Crippen LogP contribution in [-0.4, -0.2) is 37.3 Å². The Morgan fingerprint density at radius 1 is 1.27 bits per heavy atom. The summed E-state index contributed by atoms with van der Waals surface area (Å²) in [5, 5.41) is 4.00. The van der Waals surface area contributed by atoms with Gasteiger partial charge >= 0.3 is 0 Å². The van der Waals surface area contributed by atoms with E-state index in [1.54, 1.807) is 30.2 Å². The smallest absolute Gasteiger partial charge is 0.231 e. The highest BCUT2D eigenvalue weighted by atomic mass is 32.2. The minimum atomic E-state index is -0.0150. The van der Waals surface area contributed by atoms with Crippen LogP contribution in [0.1, 0.15) is 0 Å². The van der Waals surface area contributed by atoms with Crippen LogP contribution in [0.5, 0.6) is 5.75 Å². The quantitative estimate of drug-likeness (QED) is 0.670. The minimum absolute atomic E-state index is 0.0150. The molecule has 134 valence electrons. The van der Waals surface area contributed by atoms with Crippen molar-refractivity contribution in [1.29, 1.82) is 0 Å². The number of hydrogen-bond acceptors (Lipinski definition) is 6. The number of benzene rings is 2. The van der Waals surface area contributed by atoms with E-state index in [2.05, 4.69) is 10.2 Å². The molecule has 1 aromatic heterocycles. The first-order valence-corrected chi connectivity index (χ1v) is 10.4. The van der Waals surface area contributed by atoms with Gasteiger partial charge in [-0.3, -0.25) is 4.79 Å². The van der Waals surface area contributed by atoms with Crippen molar-refractivity contribution in [2.45, 2.75) is 4.90 Å². The van der Waals surface area contributed by atoms with E-state index in [1.165, 1.54) is 0 Å². The zero-order valence-corrected chi connectivity index (χ0v) is 16.2. The van der Waals surface area contributed by atoms with Crippen molar-refractivity contribution in [2.75, 3.05) is 36.7 Å². The Bertz CT molecular complexity index is 951. The van der Waals surface area contributed by atoms with E-state index in [0.717, 1.165) is 31.7 Å². The van der Waals surface area contributed by atoms with E-state index < -0.39 is 0 Å². The van der Waals surface area contributed by atoms with Crippen molar-refractivity contribution in [3.8, 4) is 5.75 Å². The summed E-state index contributed by atoms with van der Waals surface area (Å²) in [5.74, 6) is 0.841. The Morgan fingerprint density at radius 2 is 2.08 bits per heavy atom. The van der Waals surface area contributed by atoms with Gasteiger partial charge in [0.1, 0.15) is 11.3 Å². The molecule has 4 rings (SSSR count). The van der Waals surface area contributed by atoms with Gasteiger partial charge in [0.15, 0.2) is 5.13 Å². The molecular weight excluding hydrogens is 366 g/mol. The van der Waals surface area contributed by atoms with Gasteiger partial charge in [-0.25, -0.2) is 4.98 Å². The fraction of sp³-hybridized carbons (Fsp3) is 0.263. The molecule has 2 aromatic carbocycles. The highest BCUT2D eigenvalue weighted by Gasteiger charge is 2.34. The summed E-state index contributed by atoms with van der Waals surface area (Å²) < 4.78 is 6.48. The van der Waals surface area contributed by atoms with E-state index in [4.69, 9.17) is 9.72 Å². The van der Waals surface area contributed by atoms with Gasteiger partial charge < -0.3 is 15.0 Å². The van der Waals surface area contributed by atoms with E-state index in [9.17, 15) is 4.79 Å². The zero-order chi connectivity index (χ0) is 18.1. The standard InChI is InChI=1S/C19H19N3O2S2/c1-24-14-7-5-9-16-17(14)21-19(26-16)22-10-12(11-22)18(23)20-13-6-3-4-8-15(13)25-2/h3-9,12H,10-11H2,1-2H3,(H,20,23). The zero-order valence-electron chi connectivity index (χ0n) is 14.6. The molecule has 26 heavy (non-hydrogen) atoms. The molecule has 0 spiro atoms. The molecule has 0 atom stereocenters. The normalized spacial score (nSPS) is 14.3. The van der Waals surface area contributed by atoms with Gasteiger partial charge in [0.2, 0.25) is 5.91 Å². The van der Waals surface area contributed by atoms with Crippen molar-refractivity contribution >= 4 is 50.0 Å². The summed E-state index contributed by atoms with van der Waals surface area (Å²) in [6, 6.07) is 13.8. The Labute approximate surface area is 160 Å². The van der Waals surface area contributed by atoms with E-state index in [0.29, 0.717) is 13.1 Å². The number of ether oxygens (including phenoxy) is 1. The maximum atomic E-state index is 12.5. The van der Waals surface area contributed by atoms with Crippen LogP contribution in [0.25, 0.3) is 10.2 Å². The summed E-state index contributed by atoms with van der Waals surface area (Å²) in [5.41, 5.74) is 1.77. The second-order valence-electron chi connectivity index (χ2n) is 6.09. The third kappa shape index (κ3) is 3.12. The highest BCUT2D eigenvalue weighted by molar-refractivity contribution is 7.98. The van der Waals surface area contributed by atoms with Crippen LogP contribution in [0.15, 0.2) is 47.4 Å². The molecule has 0 saturated carbocycles. The van der Waals surface area contributed by atoms with Crippen LogP contribution in [0.3, 0.4) is 0 Å². The number of carbonyl (C=O) groups excluding carboxylic acids is 1. The van der Waals surface area contributed by atoms with E-state index >= 15 is 0 Å². The SMILES string of the molecule is COc1cccc2sc(N3CC(C(=O)Nc4ccccc4SC)C3)nc12. The first-order valence-electron chi connectivity index (χ1n) is 8.32. The molecule has 3 aromatic rings. The first-order chi connectivity index (χ1) is 12.7. The van der Waals surface area contributed by atoms with Gasteiger partial charge in [-0.05, 0) is 30.5 Å². The number of rotatable bonds is 5. The van der Waals surface area contributed by atoms with Gasteiger partial charge in [0.25, 0.3) is 0 Å². The highest BCUT2D eigenvalue weighted by Crippen LogP contribution is 2.37. The summed E-state index contributed by atoms with van der Waals surface area (Å²) in [6.45, 7) is 1.38. The molecule has 1 aliphatic heterocycles. The Hall–Kier alpha value is -2.25. The fourth-order valence-electron chi connectivity index (χ4n) is 2.99. The molecular formula is C19H19N3O2S2. The molecule has 0 unspecified atom stereocenters. The summed E-state index contributed by atoms with van der Waals surface area (Å²) in [4.78, 5) is 20.4. The number of carbonyl (C=O) groups is 1. The van der Waals surface area contributed by atoms with E-state index in [-0.39, 0.29) is 11.8 Å². The van der Waals surface area contributed by atoms with Gasteiger partial charge in [0, 0.05) is 18.0 Å². The lowest BCUT2D eigenvalue weighted by molar-refractivity contribution is -0.120. The molecule has 0 bridgehead atoms. The number of fused-ring (bicyclic) bond motifs is 1. The van der Waals surface area contributed by atoms with Crippen molar-refractivity contribution < 1.29 is 9.53 Å². The van der Waals surface area contributed by atoms with Crippen LogP contribution in [0.2, 0.25) is 0 Å². The number of hydrogen-bond donors (Lipinski definition) is 1. The average Bonchev–Trinajstić information content (AvgIpc) is 3.04. The second-order valence-corrected chi connectivity index (χ2v) is 7.95. The third-order valence-electron chi connectivity index (χ3n) is 4.48.